The topological polar surface area (TPSA) is 69.8 Å². The number of aromatic nitrogens is 2. The van der Waals surface area contributed by atoms with Gasteiger partial charge in [0.2, 0.25) is 0 Å². The van der Waals surface area contributed by atoms with Crippen LogP contribution in [0.4, 0.5) is 10.5 Å². The van der Waals surface area contributed by atoms with Crippen molar-refractivity contribution >= 4 is 22.8 Å². The summed E-state index contributed by atoms with van der Waals surface area (Å²) in [7, 11) is 0. The second kappa shape index (κ2) is 5.35. The van der Waals surface area contributed by atoms with Crippen molar-refractivity contribution in [1.82, 2.24) is 15.3 Å². The standard InChI is InChI=1S/C13H16N4O/c1-9(2)5-6-14-13(18)17-10-3-4-11-12(7-10)16-8-15-11/h3-9H,1-2H3,(H,15,16)(H2,14,17,18)/b6-5+. The molecule has 0 aliphatic carbocycles. The monoisotopic (exact) mass is 244 g/mol. The molecule has 2 aromatic rings. The van der Waals surface area contributed by atoms with Crippen LogP contribution in [0.2, 0.25) is 0 Å². The highest BCUT2D eigenvalue weighted by atomic mass is 16.2. The summed E-state index contributed by atoms with van der Waals surface area (Å²) in [6.07, 6.45) is 5.19. The number of rotatable bonds is 3. The molecule has 0 unspecified atom stereocenters. The van der Waals surface area contributed by atoms with Crippen LogP contribution in [0.15, 0.2) is 36.8 Å². The number of nitrogens with one attached hydrogen (secondary N) is 3. The molecule has 1 aromatic heterocycles. The van der Waals surface area contributed by atoms with Crippen LogP contribution in [0.1, 0.15) is 13.8 Å². The fourth-order valence-electron chi connectivity index (χ4n) is 1.50. The molecule has 0 radical (unpaired) electrons. The molecule has 0 spiro atoms. The molecule has 5 heteroatoms. The average Bonchev–Trinajstić information content (AvgIpc) is 2.75. The third kappa shape index (κ3) is 3.10. The lowest BCUT2D eigenvalue weighted by Crippen LogP contribution is -2.23. The van der Waals surface area contributed by atoms with E-state index >= 15 is 0 Å². The summed E-state index contributed by atoms with van der Waals surface area (Å²) in [6.45, 7) is 4.09. The molecule has 2 rings (SSSR count). The van der Waals surface area contributed by atoms with Crippen molar-refractivity contribution in [2.75, 3.05) is 5.32 Å². The first-order valence-electron chi connectivity index (χ1n) is 5.82. The van der Waals surface area contributed by atoms with Crippen molar-refractivity contribution < 1.29 is 4.79 Å². The highest BCUT2D eigenvalue weighted by Crippen LogP contribution is 2.15. The van der Waals surface area contributed by atoms with E-state index in [0.29, 0.717) is 5.92 Å². The Morgan fingerprint density at radius 2 is 2.28 bits per heavy atom. The zero-order valence-corrected chi connectivity index (χ0v) is 10.4. The number of urea groups is 1. The highest BCUT2D eigenvalue weighted by Gasteiger charge is 2.01. The van der Waals surface area contributed by atoms with Crippen molar-refractivity contribution in [3.8, 4) is 0 Å². The first kappa shape index (κ1) is 12.2. The molecule has 0 aliphatic rings. The van der Waals surface area contributed by atoms with Gasteiger partial charge in [-0.25, -0.2) is 9.78 Å². The lowest BCUT2D eigenvalue weighted by atomic mass is 10.2. The molecule has 0 aliphatic heterocycles. The fraction of sp³-hybridized carbons (Fsp3) is 0.231. The van der Waals surface area contributed by atoms with E-state index in [2.05, 4.69) is 20.6 Å². The lowest BCUT2D eigenvalue weighted by molar-refractivity contribution is 0.255. The zero-order valence-electron chi connectivity index (χ0n) is 10.4. The van der Waals surface area contributed by atoms with Gasteiger partial charge in [0, 0.05) is 11.9 Å². The number of imidazole rings is 1. The molecular formula is C13H16N4O. The van der Waals surface area contributed by atoms with E-state index in [1.807, 2.05) is 38.1 Å². The van der Waals surface area contributed by atoms with E-state index in [0.717, 1.165) is 16.7 Å². The molecule has 1 aromatic carbocycles. The van der Waals surface area contributed by atoms with E-state index in [1.165, 1.54) is 0 Å². The number of H-pyrrole nitrogens is 1. The van der Waals surface area contributed by atoms with Gasteiger partial charge in [0.25, 0.3) is 0 Å². The quantitative estimate of drug-likeness (QED) is 0.777. The van der Waals surface area contributed by atoms with E-state index in [9.17, 15) is 4.79 Å². The van der Waals surface area contributed by atoms with Gasteiger partial charge in [-0.3, -0.25) is 0 Å². The SMILES string of the molecule is CC(C)/C=C/NC(=O)Nc1ccc2nc[nH]c2c1. The number of anilines is 1. The van der Waals surface area contributed by atoms with Gasteiger partial charge in [-0.1, -0.05) is 19.9 Å². The van der Waals surface area contributed by atoms with Gasteiger partial charge in [-0.2, -0.15) is 0 Å². The molecule has 2 amide bonds. The molecule has 0 saturated heterocycles. The minimum absolute atomic E-state index is 0.259. The number of nitrogens with zero attached hydrogens (tertiary/aromatic N) is 1. The van der Waals surface area contributed by atoms with Crippen LogP contribution in [0.5, 0.6) is 0 Å². The first-order valence-corrected chi connectivity index (χ1v) is 5.82. The van der Waals surface area contributed by atoms with Crippen LogP contribution in [-0.4, -0.2) is 16.0 Å². The predicted molar refractivity (Wildman–Crippen MR) is 72.2 cm³/mol. The number of aromatic amines is 1. The van der Waals surface area contributed by atoms with Crippen molar-refractivity contribution in [1.29, 1.82) is 0 Å². The zero-order chi connectivity index (χ0) is 13.0. The van der Waals surface area contributed by atoms with Gasteiger partial charge >= 0.3 is 6.03 Å². The third-order valence-electron chi connectivity index (χ3n) is 2.37. The van der Waals surface area contributed by atoms with Gasteiger partial charge in [0.05, 0.1) is 17.4 Å². The summed E-state index contributed by atoms with van der Waals surface area (Å²) in [5, 5.41) is 5.40. The van der Waals surface area contributed by atoms with Crippen molar-refractivity contribution in [3.05, 3.63) is 36.8 Å². The van der Waals surface area contributed by atoms with E-state index in [-0.39, 0.29) is 6.03 Å². The number of hydrogen-bond acceptors (Lipinski definition) is 2. The summed E-state index contributed by atoms with van der Waals surface area (Å²) >= 11 is 0. The smallest absolute Gasteiger partial charge is 0.323 e. The summed E-state index contributed by atoms with van der Waals surface area (Å²) in [5.74, 6) is 0.409. The largest absolute Gasteiger partial charge is 0.345 e. The van der Waals surface area contributed by atoms with Gasteiger partial charge in [0.1, 0.15) is 0 Å². The molecule has 0 bridgehead atoms. The Balaban J connectivity index is 1.98. The minimum Gasteiger partial charge on any atom is -0.345 e. The second-order valence-corrected chi connectivity index (χ2v) is 4.34. The summed E-state index contributed by atoms with van der Waals surface area (Å²) in [4.78, 5) is 18.7. The van der Waals surface area contributed by atoms with Crippen molar-refractivity contribution in [2.24, 2.45) is 5.92 Å². The molecule has 1 heterocycles. The lowest BCUT2D eigenvalue weighted by Gasteiger charge is -2.04. The Morgan fingerprint density at radius 3 is 3.06 bits per heavy atom. The number of fused-ring (bicyclic) bond motifs is 1. The predicted octanol–water partition coefficient (Wildman–Crippen LogP) is 2.85. The number of hydrogen-bond donors (Lipinski definition) is 3. The summed E-state index contributed by atoms with van der Waals surface area (Å²) in [6, 6.07) is 5.25. The van der Waals surface area contributed by atoms with Crippen LogP contribution < -0.4 is 10.6 Å². The minimum atomic E-state index is -0.259. The summed E-state index contributed by atoms with van der Waals surface area (Å²) < 4.78 is 0. The van der Waals surface area contributed by atoms with Gasteiger partial charge in [-0.05, 0) is 24.1 Å². The third-order valence-corrected chi connectivity index (χ3v) is 2.37. The Hall–Kier alpha value is -2.30. The van der Waals surface area contributed by atoms with Crippen molar-refractivity contribution in [3.63, 3.8) is 0 Å². The second-order valence-electron chi connectivity index (χ2n) is 4.34. The molecule has 18 heavy (non-hydrogen) atoms. The normalized spacial score (nSPS) is 11.3. The summed E-state index contributed by atoms with van der Waals surface area (Å²) in [5.41, 5.74) is 2.49. The number of amides is 2. The number of allylic oxidation sites excluding steroid dienone is 1. The van der Waals surface area contributed by atoms with Crippen LogP contribution in [-0.2, 0) is 0 Å². The maximum Gasteiger partial charge on any atom is 0.323 e. The maximum atomic E-state index is 11.6. The van der Waals surface area contributed by atoms with Crippen LogP contribution in [0.3, 0.4) is 0 Å². The average molecular weight is 244 g/mol. The van der Waals surface area contributed by atoms with Gasteiger partial charge in [-0.15, -0.1) is 0 Å². The molecule has 94 valence electrons. The Morgan fingerprint density at radius 1 is 1.44 bits per heavy atom. The highest BCUT2D eigenvalue weighted by molar-refractivity contribution is 5.92. The number of carbonyl (C=O) groups excluding carboxylic acids is 1. The first-order chi connectivity index (χ1) is 8.65. The molecule has 0 atom stereocenters. The van der Waals surface area contributed by atoms with Crippen molar-refractivity contribution in [2.45, 2.75) is 13.8 Å². The fourth-order valence-corrected chi connectivity index (χ4v) is 1.50. The Labute approximate surface area is 105 Å². The number of carbonyl (C=O) groups is 1. The van der Waals surface area contributed by atoms with Crippen LogP contribution >= 0.6 is 0 Å². The van der Waals surface area contributed by atoms with Crippen LogP contribution in [0, 0.1) is 5.92 Å². The molecule has 0 saturated carbocycles. The molecule has 5 nitrogen and oxygen atoms in total. The molecular weight excluding hydrogens is 228 g/mol. The van der Waals surface area contributed by atoms with E-state index < -0.39 is 0 Å². The molecule has 0 fully saturated rings. The molecule has 3 N–H and O–H groups in total. The Kier molecular flexibility index (Phi) is 3.62. The van der Waals surface area contributed by atoms with Gasteiger partial charge in [0.15, 0.2) is 0 Å². The maximum absolute atomic E-state index is 11.6. The van der Waals surface area contributed by atoms with Crippen LogP contribution in [0.25, 0.3) is 11.0 Å². The number of benzene rings is 1. The van der Waals surface area contributed by atoms with E-state index in [4.69, 9.17) is 0 Å². The Bertz CT molecular complexity index is 571. The van der Waals surface area contributed by atoms with E-state index in [1.54, 1.807) is 12.5 Å². The van der Waals surface area contributed by atoms with Gasteiger partial charge < -0.3 is 15.6 Å².